The maximum absolute atomic E-state index is 11.8. The monoisotopic (exact) mass is 322 g/mol. The average Bonchev–Trinajstić information content (AvgIpc) is 2.34. The van der Waals surface area contributed by atoms with Crippen LogP contribution in [-0.2, 0) is 15.6 Å². The highest BCUT2D eigenvalue weighted by atomic mass is 28.4. The van der Waals surface area contributed by atoms with Crippen LogP contribution in [0.5, 0.6) is 0 Å². The van der Waals surface area contributed by atoms with Crippen LogP contribution in [0.2, 0.25) is 18.1 Å². The molecule has 3 nitrogen and oxygen atoms in total. The Morgan fingerprint density at radius 3 is 2.23 bits per heavy atom. The normalized spacial score (nSPS) is 14.2. The molecule has 0 saturated carbocycles. The third-order valence-corrected chi connectivity index (χ3v) is 8.85. The van der Waals surface area contributed by atoms with Gasteiger partial charge in [0, 0.05) is 0 Å². The lowest BCUT2D eigenvalue weighted by Gasteiger charge is -2.38. The minimum Gasteiger partial charge on any atom is -0.479 e. The van der Waals surface area contributed by atoms with Gasteiger partial charge in [-0.3, -0.25) is 0 Å². The number of carboxylic acid groups (broad SMARTS) is 1. The largest absolute Gasteiger partial charge is 0.479 e. The van der Waals surface area contributed by atoms with Gasteiger partial charge in [-0.2, -0.15) is 0 Å². The van der Waals surface area contributed by atoms with E-state index in [2.05, 4.69) is 47.7 Å². The molecule has 1 aromatic rings. The van der Waals surface area contributed by atoms with Crippen LogP contribution in [-0.4, -0.2) is 19.4 Å². The third kappa shape index (κ3) is 4.68. The van der Waals surface area contributed by atoms with E-state index in [1.165, 1.54) is 0 Å². The second-order valence-corrected chi connectivity index (χ2v) is 12.6. The molecule has 1 atom stereocenters. The Morgan fingerprint density at radius 1 is 1.23 bits per heavy atom. The van der Waals surface area contributed by atoms with Crippen molar-refractivity contribution in [3.8, 4) is 0 Å². The smallest absolute Gasteiger partial charge is 0.336 e. The minimum atomic E-state index is -2.16. The molecular weight excluding hydrogens is 292 g/mol. The standard InChI is InChI=1S/C18H30O3Si/c1-13(2)12-14-10-8-9-11-15(14)16(17(19)20)21-22(6,7)18(3,4)5/h8-11,13,16H,12H2,1-7H3,(H,19,20)/t16-/m1/s1. The van der Waals surface area contributed by atoms with Gasteiger partial charge >= 0.3 is 5.97 Å². The van der Waals surface area contributed by atoms with Gasteiger partial charge in [-0.1, -0.05) is 58.9 Å². The van der Waals surface area contributed by atoms with E-state index < -0.39 is 20.4 Å². The fraction of sp³-hybridized carbons (Fsp3) is 0.611. The molecule has 0 radical (unpaired) electrons. The zero-order chi connectivity index (χ0) is 17.1. The van der Waals surface area contributed by atoms with Crippen LogP contribution in [0.3, 0.4) is 0 Å². The van der Waals surface area contributed by atoms with Crippen molar-refractivity contribution in [1.82, 2.24) is 0 Å². The predicted octanol–water partition coefficient (Wildman–Crippen LogP) is 5.03. The van der Waals surface area contributed by atoms with Gasteiger partial charge in [0.2, 0.25) is 0 Å². The Bertz CT molecular complexity index is 515. The third-order valence-electron chi connectivity index (χ3n) is 4.41. The van der Waals surface area contributed by atoms with Gasteiger partial charge in [0.05, 0.1) is 0 Å². The van der Waals surface area contributed by atoms with Gasteiger partial charge in [0.25, 0.3) is 0 Å². The summed E-state index contributed by atoms with van der Waals surface area (Å²) in [6, 6.07) is 7.76. The number of carbonyl (C=O) groups is 1. The number of aliphatic carboxylic acids is 1. The molecule has 1 rings (SSSR count). The summed E-state index contributed by atoms with van der Waals surface area (Å²) in [5.41, 5.74) is 1.87. The van der Waals surface area contributed by atoms with E-state index in [0.29, 0.717) is 5.92 Å². The topological polar surface area (TPSA) is 46.5 Å². The lowest BCUT2D eigenvalue weighted by atomic mass is 9.95. The second-order valence-electron chi connectivity index (χ2n) is 7.89. The van der Waals surface area contributed by atoms with Crippen LogP contribution in [0.15, 0.2) is 24.3 Å². The Balaban J connectivity index is 3.20. The van der Waals surface area contributed by atoms with Gasteiger partial charge in [-0.05, 0) is 41.6 Å². The first-order valence-corrected chi connectivity index (χ1v) is 10.8. The molecule has 0 fully saturated rings. The van der Waals surface area contributed by atoms with Gasteiger partial charge in [-0.15, -0.1) is 0 Å². The lowest BCUT2D eigenvalue weighted by molar-refractivity contribution is -0.146. The predicted molar refractivity (Wildman–Crippen MR) is 93.6 cm³/mol. The molecule has 22 heavy (non-hydrogen) atoms. The average molecular weight is 323 g/mol. The van der Waals surface area contributed by atoms with Crippen molar-refractivity contribution >= 4 is 14.3 Å². The van der Waals surface area contributed by atoms with Crippen molar-refractivity contribution in [2.24, 2.45) is 5.92 Å². The number of hydrogen-bond donors (Lipinski definition) is 1. The van der Waals surface area contributed by atoms with Gasteiger partial charge in [-0.25, -0.2) is 4.79 Å². The zero-order valence-corrected chi connectivity index (χ0v) is 15.9. The van der Waals surface area contributed by atoms with E-state index in [1.54, 1.807) is 0 Å². The van der Waals surface area contributed by atoms with Crippen LogP contribution >= 0.6 is 0 Å². The first kappa shape index (κ1) is 18.9. The Kier molecular flexibility index (Phi) is 5.99. The molecule has 1 aromatic carbocycles. The van der Waals surface area contributed by atoms with Crippen molar-refractivity contribution in [1.29, 1.82) is 0 Å². The summed E-state index contributed by atoms with van der Waals surface area (Å²) in [6.45, 7) is 14.8. The summed E-state index contributed by atoms with van der Waals surface area (Å²) < 4.78 is 6.21. The highest BCUT2D eigenvalue weighted by Gasteiger charge is 2.41. The highest BCUT2D eigenvalue weighted by Crippen LogP contribution is 2.40. The van der Waals surface area contributed by atoms with E-state index in [9.17, 15) is 9.90 Å². The first-order valence-electron chi connectivity index (χ1n) is 7.94. The molecule has 0 aromatic heterocycles. The van der Waals surface area contributed by atoms with Gasteiger partial charge < -0.3 is 9.53 Å². The van der Waals surface area contributed by atoms with Crippen molar-refractivity contribution in [2.75, 3.05) is 0 Å². The van der Waals surface area contributed by atoms with Crippen molar-refractivity contribution < 1.29 is 14.3 Å². The SMILES string of the molecule is CC(C)Cc1ccccc1[C@@H](O[Si](C)(C)C(C)(C)C)C(=O)O. The van der Waals surface area contributed by atoms with Crippen molar-refractivity contribution in [2.45, 2.75) is 65.3 Å². The summed E-state index contributed by atoms with van der Waals surface area (Å²) in [5.74, 6) is -0.426. The molecule has 0 spiro atoms. The van der Waals surface area contributed by atoms with Crippen LogP contribution in [0.25, 0.3) is 0 Å². The number of rotatable bonds is 6. The molecule has 0 aliphatic rings. The van der Waals surface area contributed by atoms with E-state index in [4.69, 9.17) is 4.43 Å². The Labute approximate surface area is 135 Å². The Morgan fingerprint density at radius 2 is 1.77 bits per heavy atom. The van der Waals surface area contributed by atoms with Gasteiger partial charge in [0.1, 0.15) is 0 Å². The van der Waals surface area contributed by atoms with Crippen LogP contribution in [0.1, 0.15) is 51.8 Å². The van der Waals surface area contributed by atoms with Crippen LogP contribution < -0.4 is 0 Å². The molecule has 4 heteroatoms. The Hall–Kier alpha value is -1.13. The fourth-order valence-corrected chi connectivity index (χ4v) is 3.30. The molecule has 124 valence electrons. The fourth-order valence-electron chi connectivity index (χ4n) is 2.13. The van der Waals surface area contributed by atoms with Crippen LogP contribution in [0.4, 0.5) is 0 Å². The maximum atomic E-state index is 11.8. The quantitative estimate of drug-likeness (QED) is 0.747. The van der Waals surface area contributed by atoms with Gasteiger partial charge in [0.15, 0.2) is 14.4 Å². The summed E-state index contributed by atoms with van der Waals surface area (Å²) in [5, 5.41) is 9.69. The number of carboxylic acids is 1. The molecule has 0 aliphatic heterocycles. The summed E-state index contributed by atoms with van der Waals surface area (Å²) in [7, 11) is -2.16. The van der Waals surface area contributed by atoms with Crippen molar-refractivity contribution in [3.63, 3.8) is 0 Å². The minimum absolute atomic E-state index is 0.0201. The molecule has 0 amide bonds. The second kappa shape index (κ2) is 6.96. The molecule has 0 unspecified atom stereocenters. The molecule has 0 bridgehead atoms. The number of hydrogen-bond acceptors (Lipinski definition) is 2. The van der Waals surface area contributed by atoms with Crippen LogP contribution in [0, 0.1) is 5.92 Å². The first-order chi connectivity index (χ1) is 9.95. The van der Waals surface area contributed by atoms with E-state index in [0.717, 1.165) is 17.5 Å². The van der Waals surface area contributed by atoms with E-state index >= 15 is 0 Å². The summed E-state index contributed by atoms with van der Waals surface area (Å²) >= 11 is 0. The lowest BCUT2D eigenvalue weighted by Crippen LogP contribution is -2.43. The number of benzene rings is 1. The van der Waals surface area contributed by atoms with E-state index in [-0.39, 0.29) is 5.04 Å². The highest BCUT2D eigenvalue weighted by molar-refractivity contribution is 6.74. The van der Waals surface area contributed by atoms with E-state index in [1.807, 2.05) is 24.3 Å². The molecular formula is C18H30O3Si. The summed E-state index contributed by atoms with van der Waals surface area (Å²) in [4.78, 5) is 11.8. The molecule has 0 saturated heterocycles. The summed E-state index contributed by atoms with van der Waals surface area (Å²) in [6.07, 6.45) is -0.0169. The molecule has 0 aliphatic carbocycles. The zero-order valence-electron chi connectivity index (χ0n) is 14.9. The maximum Gasteiger partial charge on any atom is 0.336 e. The molecule has 0 heterocycles. The van der Waals surface area contributed by atoms with Crippen molar-refractivity contribution in [3.05, 3.63) is 35.4 Å². The molecule has 1 N–H and O–H groups in total.